The van der Waals surface area contributed by atoms with Gasteiger partial charge in [0.25, 0.3) is 0 Å². The number of ether oxygens (including phenoxy) is 1. The minimum Gasteiger partial charge on any atom is -0.489 e. The molecule has 1 fully saturated rings. The smallest absolute Gasteiger partial charge is 0.191 e. The summed E-state index contributed by atoms with van der Waals surface area (Å²) in [6.07, 6.45) is 4.20. The van der Waals surface area contributed by atoms with E-state index in [-0.39, 0.29) is 6.10 Å². The topological polar surface area (TPSA) is 48.9 Å². The molecule has 1 aliphatic rings. The highest BCUT2D eigenvalue weighted by molar-refractivity contribution is 6.30. The number of rotatable bonds is 8. The second kappa shape index (κ2) is 11.1. The third-order valence-corrected chi connectivity index (χ3v) is 4.57. The highest BCUT2D eigenvalue weighted by atomic mass is 35.5. The van der Waals surface area contributed by atoms with E-state index >= 15 is 0 Å². The highest BCUT2D eigenvalue weighted by Gasteiger charge is 2.19. The van der Waals surface area contributed by atoms with E-state index in [9.17, 15) is 0 Å². The molecule has 144 valence electrons. The number of benzene rings is 1. The Balaban J connectivity index is 1.81. The fourth-order valence-corrected chi connectivity index (χ4v) is 3.08. The van der Waals surface area contributed by atoms with Crippen LogP contribution in [0, 0.1) is 0 Å². The minimum absolute atomic E-state index is 0.0129. The van der Waals surface area contributed by atoms with Crippen LogP contribution in [0.1, 0.15) is 26.7 Å². The Morgan fingerprint density at radius 1 is 1.38 bits per heavy atom. The minimum atomic E-state index is -0.0129. The third kappa shape index (κ3) is 7.26. The van der Waals surface area contributed by atoms with E-state index in [1.54, 1.807) is 0 Å². The molecule has 0 radical (unpaired) electrons. The van der Waals surface area contributed by atoms with Crippen LogP contribution in [0.5, 0.6) is 5.75 Å². The van der Waals surface area contributed by atoms with Crippen molar-refractivity contribution in [2.75, 3.05) is 32.7 Å². The van der Waals surface area contributed by atoms with Crippen LogP contribution in [-0.4, -0.2) is 55.7 Å². The summed E-state index contributed by atoms with van der Waals surface area (Å²) < 4.78 is 5.89. The van der Waals surface area contributed by atoms with E-state index in [4.69, 9.17) is 21.3 Å². The molecule has 1 atom stereocenters. The van der Waals surface area contributed by atoms with Crippen LogP contribution in [0.2, 0.25) is 5.02 Å². The van der Waals surface area contributed by atoms with Gasteiger partial charge in [-0.1, -0.05) is 17.7 Å². The van der Waals surface area contributed by atoms with Gasteiger partial charge in [0.05, 0.1) is 6.54 Å². The summed E-state index contributed by atoms with van der Waals surface area (Å²) in [5, 5.41) is 7.60. The van der Waals surface area contributed by atoms with Gasteiger partial charge in [0.1, 0.15) is 11.9 Å². The van der Waals surface area contributed by atoms with Gasteiger partial charge in [-0.05, 0) is 51.0 Å². The maximum Gasteiger partial charge on any atom is 0.191 e. The lowest BCUT2D eigenvalue weighted by atomic mass is 10.1. The van der Waals surface area contributed by atoms with Gasteiger partial charge in [-0.15, -0.1) is 6.58 Å². The zero-order chi connectivity index (χ0) is 18.8. The zero-order valence-electron chi connectivity index (χ0n) is 15.9. The normalized spacial score (nSPS) is 17.6. The maximum atomic E-state index is 5.90. The molecule has 1 aromatic rings. The Labute approximate surface area is 162 Å². The fourth-order valence-electron chi connectivity index (χ4n) is 2.96. The standard InChI is InChI=1S/C20H31ClN4O/c1-4-12-25-13-10-18(11-14-25)24-20(22-5-2)23-15-16(3)26-19-8-6-17(21)7-9-19/h4,6-9,16,18H,1,5,10-15H2,2-3H3,(H2,22,23,24). The zero-order valence-corrected chi connectivity index (χ0v) is 16.6. The van der Waals surface area contributed by atoms with Crippen molar-refractivity contribution in [3.8, 4) is 5.75 Å². The molecular formula is C20H31ClN4O. The lowest BCUT2D eigenvalue weighted by Crippen LogP contribution is -2.48. The Morgan fingerprint density at radius 3 is 2.69 bits per heavy atom. The molecule has 2 N–H and O–H groups in total. The SMILES string of the molecule is C=CCN1CCC(NC(=NCC(C)Oc2ccc(Cl)cc2)NCC)CC1. The van der Waals surface area contributed by atoms with Gasteiger partial charge >= 0.3 is 0 Å². The number of likely N-dealkylation sites (tertiary alicyclic amines) is 1. The molecule has 0 bridgehead atoms. The summed E-state index contributed by atoms with van der Waals surface area (Å²) in [6.45, 7) is 12.5. The van der Waals surface area contributed by atoms with Crippen LogP contribution in [0.4, 0.5) is 0 Å². The van der Waals surface area contributed by atoms with Crippen molar-refractivity contribution in [1.82, 2.24) is 15.5 Å². The van der Waals surface area contributed by atoms with Crippen molar-refractivity contribution in [2.24, 2.45) is 4.99 Å². The summed E-state index contributed by atoms with van der Waals surface area (Å²) >= 11 is 5.90. The fraction of sp³-hybridized carbons (Fsp3) is 0.550. The first-order valence-corrected chi connectivity index (χ1v) is 9.78. The predicted molar refractivity (Wildman–Crippen MR) is 110 cm³/mol. The molecular weight excluding hydrogens is 348 g/mol. The van der Waals surface area contributed by atoms with E-state index in [0.29, 0.717) is 17.6 Å². The lowest BCUT2D eigenvalue weighted by Gasteiger charge is -2.32. The molecule has 6 heteroatoms. The van der Waals surface area contributed by atoms with Crippen molar-refractivity contribution in [1.29, 1.82) is 0 Å². The van der Waals surface area contributed by atoms with Gasteiger partial charge < -0.3 is 15.4 Å². The van der Waals surface area contributed by atoms with Crippen molar-refractivity contribution >= 4 is 17.6 Å². The number of nitrogens with one attached hydrogen (secondary N) is 2. The molecule has 26 heavy (non-hydrogen) atoms. The quantitative estimate of drug-likeness (QED) is 0.414. The molecule has 1 aromatic carbocycles. The number of nitrogens with zero attached hydrogens (tertiary/aromatic N) is 2. The molecule has 5 nitrogen and oxygen atoms in total. The average Bonchev–Trinajstić information content (AvgIpc) is 2.64. The summed E-state index contributed by atoms with van der Waals surface area (Å²) in [5.41, 5.74) is 0. The Morgan fingerprint density at radius 2 is 2.08 bits per heavy atom. The van der Waals surface area contributed by atoms with E-state index in [1.165, 1.54) is 0 Å². The van der Waals surface area contributed by atoms with E-state index in [0.717, 1.165) is 50.7 Å². The van der Waals surface area contributed by atoms with Crippen LogP contribution in [0.3, 0.4) is 0 Å². The van der Waals surface area contributed by atoms with Gasteiger partial charge in [0, 0.05) is 37.2 Å². The summed E-state index contributed by atoms with van der Waals surface area (Å²) in [4.78, 5) is 7.12. The Hall–Kier alpha value is -1.72. The molecule has 1 aliphatic heterocycles. The van der Waals surface area contributed by atoms with Crippen molar-refractivity contribution in [3.63, 3.8) is 0 Å². The first-order valence-electron chi connectivity index (χ1n) is 9.41. The number of aliphatic imine (C=N–C) groups is 1. The molecule has 2 rings (SSSR count). The number of guanidine groups is 1. The summed E-state index contributed by atoms with van der Waals surface area (Å²) in [5.74, 6) is 1.67. The van der Waals surface area contributed by atoms with Crippen LogP contribution in [-0.2, 0) is 0 Å². The molecule has 0 aliphatic carbocycles. The molecule has 0 spiro atoms. The van der Waals surface area contributed by atoms with E-state index < -0.39 is 0 Å². The summed E-state index contributed by atoms with van der Waals surface area (Å²) in [6, 6.07) is 7.88. The van der Waals surface area contributed by atoms with Gasteiger partial charge in [-0.25, -0.2) is 4.99 Å². The van der Waals surface area contributed by atoms with Crippen molar-refractivity contribution in [2.45, 2.75) is 38.8 Å². The third-order valence-electron chi connectivity index (χ3n) is 4.32. The van der Waals surface area contributed by atoms with Gasteiger partial charge in [-0.2, -0.15) is 0 Å². The number of hydrogen-bond acceptors (Lipinski definition) is 3. The first kappa shape index (κ1) is 20.6. The van der Waals surface area contributed by atoms with Crippen LogP contribution in [0.15, 0.2) is 41.9 Å². The summed E-state index contributed by atoms with van der Waals surface area (Å²) in [7, 11) is 0. The number of hydrogen-bond donors (Lipinski definition) is 2. The first-order chi connectivity index (χ1) is 12.6. The van der Waals surface area contributed by atoms with Gasteiger partial charge in [0.15, 0.2) is 5.96 Å². The second-order valence-corrected chi connectivity index (χ2v) is 7.05. The Kier molecular flexibility index (Phi) is 8.78. The lowest BCUT2D eigenvalue weighted by molar-refractivity contribution is 0.223. The molecule has 1 saturated heterocycles. The van der Waals surface area contributed by atoms with Crippen molar-refractivity contribution < 1.29 is 4.74 Å². The van der Waals surface area contributed by atoms with Gasteiger partial charge in [-0.3, -0.25) is 4.90 Å². The van der Waals surface area contributed by atoms with E-state index in [2.05, 4.69) is 29.0 Å². The van der Waals surface area contributed by atoms with Gasteiger partial charge in [0.2, 0.25) is 0 Å². The van der Waals surface area contributed by atoms with E-state index in [1.807, 2.05) is 37.3 Å². The molecule has 1 unspecified atom stereocenters. The number of halogens is 1. The molecule has 0 amide bonds. The number of piperidine rings is 1. The van der Waals surface area contributed by atoms with Crippen LogP contribution < -0.4 is 15.4 Å². The maximum absolute atomic E-state index is 5.90. The predicted octanol–water partition coefficient (Wildman–Crippen LogP) is 3.31. The largest absolute Gasteiger partial charge is 0.489 e. The average molecular weight is 379 g/mol. The highest BCUT2D eigenvalue weighted by Crippen LogP contribution is 2.16. The van der Waals surface area contributed by atoms with Crippen molar-refractivity contribution in [3.05, 3.63) is 41.9 Å². The Bertz CT molecular complexity index is 568. The van der Waals surface area contributed by atoms with Crippen LogP contribution in [0.25, 0.3) is 0 Å². The molecule has 0 aromatic heterocycles. The monoisotopic (exact) mass is 378 g/mol. The van der Waals surface area contributed by atoms with Crippen LogP contribution >= 0.6 is 11.6 Å². The molecule has 0 saturated carbocycles. The molecule has 1 heterocycles. The second-order valence-electron chi connectivity index (χ2n) is 6.61.